The lowest BCUT2D eigenvalue weighted by Crippen LogP contribution is -2.18. The molecule has 1 aliphatic carbocycles. The van der Waals surface area contributed by atoms with Crippen LogP contribution in [0.15, 0.2) is 36.9 Å². The molecule has 1 aromatic rings. The van der Waals surface area contributed by atoms with Crippen molar-refractivity contribution in [2.45, 2.75) is 31.6 Å². The summed E-state index contributed by atoms with van der Waals surface area (Å²) in [5.41, 5.74) is 1.89. The smallest absolute Gasteiger partial charge is 0.252 e. The van der Waals surface area contributed by atoms with E-state index in [0.717, 1.165) is 6.61 Å². The van der Waals surface area contributed by atoms with Crippen molar-refractivity contribution in [3.63, 3.8) is 0 Å². The van der Waals surface area contributed by atoms with E-state index in [2.05, 4.69) is 6.58 Å². The molecule has 0 spiro atoms. The minimum atomic E-state index is -0.389. The van der Waals surface area contributed by atoms with Gasteiger partial charge < -0.3 is 4.74 Å². The zero-order valence-corrected chi connectivity index (χ0v) is 12.4. The average molecular weight is 293 g/mol. The fourth-order valence-electron chi connectivity index (χ4n) is 2.87. The molecule has 108 valence electrons. The summed E-state index contributed by atoms with van der Waals surface area (Å²) in [4.78, 5) is 11.0. The molecule has 1 aromatic carbocycles. The number of rotatable bonds is 6. The van der Waals surface area contributed by atoms with Gasteiger partial charge in [0.25, 0.3) is 5.24 Å². The summed E-state index contributed by atoms with van der Waals surface area (Å²) < 4.78 is 5.54. The maximum atomic E-state index is 11.0. The van der Waals surface area contributed by atoms with Gasteiger partial charge in [-0.25, -0.2) is 0 Å². The Hall–Kier alpha value is -1.12. The molecule has 0 atom stereocenters. The molecule has 20 heavy (non-hydrogen) atoms. The third kappa shape index (κ3) is 4.19. The molecule has 2 rings (SSSR count). The van der Waals surface area contributed by atoms with Crippen molar-refractivity contribution in [2.24, 2.45) is 5.92 Å². The van der Waals surface area contributed by atoms with Gasteiger partial charge in [-0.05, 0) is 66.8 Å². The molecule has 0 N–H and O–H groups in total. The Labute approximate surface area is 125 Å². The van der Waals surface area contributed by atoms with Crippen LogP contribution in [0, 0.1) is 5.92 Å². The Balaban J connectivity index is 1.84. The van der Waals surface area contributed by atoms with Crippen LogP contribution < -0.4 is 0 Å². The van der Waals surface area contributed by atoms with Crippen molar-refractivity contribution >= 4 is 16.8 Å². The minimum absolute atomic E-state index is 0.389. The van der Waals surface area contributed by atoms with Gasteiger partial charge in [0.15, 0.2) is 0 Å². The number of hydrogen-bond acceptors (Lipinski definition) is 2. The van der Waals surface area contributed by atoms with Crippen LogP contribution in [0.25, 0.3) is 0 Å². The van der Waals surface area contributed by atoms with E-state index < -0.39 is 0 Å². The highest BCUT2D eigenvalue weighted by Gasteiger charge is 2.22. The van der Waals surface area contributed by atoms with Gasteiger partial charge in [0, 0.05) is 12.2 Å². The quantitative estimate of drug-likeness (QED) is 0.437. The molecule has 3 heteroatoms. The first kappa shape index (κ1) is 15.3. The topological polar surface area (TPSA) is 26.3 Å². The van der Waals surface area contributed by atoms with E-state index in [1.165, 1.54) is 31.2 Å². The summed E-state index contributed by atoms with van der Waals surface area (Å²) in [7, 11) is 0. The Kier molecular flexibility index (Phi) is 5.81. The Morgan fingerprint density at radius 1 is 1.25 bits per heavy atom. The molecule has 0 amide bonds. The molecule has 1 fully saturated rings. The van der Waals surface area contributed by atoms with E-state index in [0.29, 0.717) is 24.0 Å². The van der Waals surface area contributed by atoms with Gasteiger partial charge in [-0.15, -0.1) is 6.58 Å². The summed E-state index contributed by atoms with van der Waals surface area (Å²) in [6.45, 7) is 5.15. The molecule has 0 unspecified atom stereocenters. The zero-order chi connectivity index (χ0) is 14.4. The van der Waals surface area contributed by atoms with Crippen LogP contribution in [0.4, 0.5) is 0 Å². The van der Waals surface area contributed by atoms with Gasteiger partial charge in [-0.1, -0.05) is 18.2 Å². The molecular formula is C17H21ClO2. The maximum absolute atomic E-state index is 11.0. The van der Waals surface area contributed by atoms with E-state index >= 15 is 0 Å². The Bertz CT molecular complexity index is 445. The van der Waals surface area contributed by atoms with E-state index in [9.17, 15) is 4.79 Å². The molecule has 0 heterocycles. The predicted molar refractivity (Wildman–Crippen MR) is 82.3 cm³/mol. The predicted octanol–water partition coefficient (Wildman–Crippen LogP) is 4.54. The number of carbonyl (C=O) groups is 1. The van der Waals surface area contributed by atoms with Gasteiger partial charge in [-0.3, -0.25) is 4.79 Å². The van der Waals surface area contributed by atoms with E-state index in [-0.39, 0.29) is 5.24 Å². The molecule has 1 aliphatic rings. The van der Waals surface area contributed by atoms with E-state index in [4.69, 9.17) is 16.3 Å². The lowest BCUT2D eigenvalue weighted by molar-refractivity contribution is 0.102. The van der Waals surface area contributed by atoms with Crippen LogP contribution in [0.3, 0.4) is 0 Å². The third-order valence-corrected chi connectivity index (χ3v) is 4.26. The van der Waals surface area contributed by atoms with Crippen LogP contribution in [-0.2, 0) is 4.74 Å². The first-order valence-corrected chi connectivity index (χ1v) is 7.57. The minimum Gasteiger partial charge on any atom is -0.377 e. The maximum Gasteiger partial charge on any atom is 0.252 e. The highest BCUT2D eigenvalue weighted by molar-refractivity contribution is 6.67. The van der Waals surface area contributed by atoms with Gasteiger partial charge in [0.05, 0.1) is 6.61 Å². The van der Waals surface area contributed by atoms with E-state index in [1.54, 1.807) is 6.08 Å². The standard InChI is InChI=1S/C17H21ClO2/c1-2-11-20-12-13-3-5-14(6-4-13)15-7-9-16(10-8-15)17(18)19/h2,7-10,13-14H,1,3-6,11-12H2. The van der Waals surface area contributed by atoms with Crippen LogP contribution in [0.1, 0.15) is 47.5 Å². The fraction of sp³-hybridized carbons (Fsp3) is 0.471. The summed E-state index contributed by atoms with van der Waals surface area (Å²) in [5.74, 6) is 1.28. The Morgan fingerprint density at radius 3 is 2.45 bits per heavy atom. The number of carbonyl (C=O) groups excluding carboxylic acids is 1. The molecule has 0 aliphatic heterocycles. The molecule has 0 bridgehead atoms. The van der Waals surface area contributed by atoms with Crippen LogP contribution in [0.5, 0.6) is 0 Å². The second-order valence-corrected chi connectivity index (χ2v) is 5.78. The van der Waals surface area contributed by atoms with Crippen LogP contribution >= 0.6 is 11.6 Å². The van der Waals surface area contributed by atoms with Crippen LogP contribution in [0.2, 0.25) is 0 Å². The lowest BCUT2D eigenvalue weighted by Gasteiger charge is -2.28. The first-order chi connectivity index (χ1) is 9.70. The third-order valence-electron chi connectivity index (χ3n) is 4.05. The highest BCUT2D eigenvalue weighted by atomic mass is 35.5. The van der Waals surface area contributed by atoms with Gasteiger partial charge in [0.1, 0.15) is 0 Å². The van der Waals surface area contributed by atoms with Crippen molar-refractivity contribution in [1.82, 2.24) is 0 Å². The summed E-state index contributed by atoms with van der Waals surface area (Å²) >= 11 is 5.46. The molecule has 0 saturated heterocycles. The van der Waals surface area contributed by atoms with Gasteiger partial charge >= 0.3 is 0 Å². The SMILES string of the molecule is C=CCOCC1CCC(c2ccc(C(=O)Cl)cc2)CC1. The number of ether oxygens (including phenoxy) is 1. The number of hydrogen-bond donors (Lipinski definition) is 0. The molecule has 1 saturated carbocycles. The van der Waals surface area contributed by atoms with Gasteiger partial charge in [-0.2, -0.15) is 0 Å². The van der Waals surface area contributed by atoms with Crippen molar-refractivity contribution < 1.29 is 9.53 Å². The highest BCUT2D eigenvalue weighted by Crippen LogP contribution is 2.35. The second-order valence-electron chi connectivity index (χ2n) is 5.44. The Morgan fingerprint density at radius 2 is 1.90 bits per heavy atom. The van der Waals surface area contributed by atoms with Crippen molar-refractivity contribution in [3.8, 4) is 0 Å². The van der Waals surface area contributed by atoms with Crippen molar-refractivity contribution in [3.05, 3.63) is 48.0 Å². The van der Waals surface area contributed by atoms with Crippen molar-refractivity contribution in [1.29, 1.82) is 0 Å². The second kappa shape index (κ2) is 7.61. The normalized spacial score (nSPS) is 22.4. The molecular weight excluding hydrogens is 272 g/mol. The van der Waals surface area contributed by atoms with E-state index in [1.807, 2.05) is 24.3 Å². The molecule has 0 radical (unpaired) electrons. The summed E-state index contributed by atoms with van der Waals surface area (Å²) in [5, 5.41) is -0.389. The number of benzene rings is 1. The summed E-state index contributed by atoms with van der Waals surface area (Å²) in [6.07, 6.45) is 6.59. The molecule has 0 aromatic heterocycles. The summed E-state index contributed by atoms with van der Waals surface area (Å²) in [6, 6.07) is 7.72. The zero-order valence-electron chi connectivity index (χ0n) is 11.7. The van der Waals surface area contributed by atoms with Crippen molar-refractivity contribution in [2.75, 3.05) is 13.2 Å². The average Bonchev–Trinajstić information content (AvgIpc) is 2.48. The fourth-order valence-corrected chi connectivity index (χ4v) is 2.99. The lowest BCUT2D eigenvalue weighted by atomic mass is 9.79. The van der Waals surface area contributed by atoms with Gasteiger partial charge in [0.2, 0.25) is 0 Å². The molecule has 2 nitrogen and oxygen atoms in total. The van der Waals surface area contributed by atoms with Crippen LogP contribution in [-0.4, -0.2) is 18.5 Å². The number of halogens is 1. The first-order valence-electron chi connectivity index (χ1n) is 7.19. The largest absolute Gasteiger partial charge is 0.377 e. The monoisotopic (exact) mass is 292 g/mol.